The minimum absolute atomic E-state index is 0.00226. The van der Waals surface area contributed by atoms with Crippen LogP contribution in [0.1, 0.15) is 62.8 Å². The van der Waals surface area contributed by atoms with Crippen molar-refractivity contribution in [2.75, 3.05) is 13.1 Å². The van der Waals surface area contributed by atoms with E-state index in [1.807, 2.05) is 0 Å². The van der Waals surface area contributed by atoms with E-state index >= 15 is 0 Å². The lowest BCUT2D eigenvalue weighted by atomic mass is 9.99. The average Bonchev–Trinajstić information content (AvgIpc) is 3.99. The molecule has 0 radical (unpaired) electrons. The van der Waals surface area contributed by atoms with Gasteiger partial charge in [-0.15, -0.1) is 0 Å². The lowest BCUT2D eigenvalue weighted by Gasteiger charge is -2.31. The number of phenols is 1. The number of phenolic OH excluding ortho intramolecular Hbond substituents is 1. The predicted molar refractivity (Wildman–Crippen MR) is 241 cm³/mol. The van der Waals surface area contributed by atoms with E-state index in [-0.39, 0.29) is 63.3 Å². The van der Waals surface area contributed by atoms with Crippen molar-refractivity contribution in [1.82, 2.24) is 41.5 Å². The summed E-state index contributed by atoms with van der Waals surface area (Å²) < 4.78 is 0. The van der Waals surface area contributed by atoms with Crippen LogP contribution in [0.3, 0.4) is 0 Å². The Bertz CT molecular complexity index is 2200. The summed E-state index contributed by atoms with van der Waals surface area (Å²) in [6, 6.07) is 5.29. The molecule has 7 atom stereocenters. The second-order valence-corrected chi connectivity index (χ2v) is 16.5. The van der Waals surface area contributed by atoms with Crippen LogP contribution in [0, 0.1) is 5.92 Å². The number of carbonyl (C=O) groups excluding carboxylic acids is 6. The summed E-state index contributed by atoms with van der Waals surface area (Å²) in [4.78, 5) is 119. The monoisotopic (exact) mass is 932 g/mol. The molecule has 0 unspecified atom stereocenters. The van der Waals surface area contributed by atoms with Crippen molar-refractivity contribution in [3.8, 4) is 5.75 Å². The number of aromatic nitrogens is 2. The lowest BCUT2D eigenvalue weighted by Crippen LogP contribution is -2.61. The number of H-pyrrole nitrogens is 1. The highest BCUT2D eigenvalue weighted by atomic mass is 16.4. The van der Waals surface area contributed by atoms with Crippen LogP contribution >= 0.6 is 0 Å². The highest BCUT2D eigenvalue weighted by molar-refractivity contribution is 5.97. The van der Waals surface area contributed by atoms with Crippen molar-refractivity contribution in [1.29, 1.82) is 0 Å². The molecular weight excluding hydrogens is 873 g/mol. The number of hydrogen-bond donors (Lipinski definition) is 12. The number of benzene rings is 2. The maximum Gasteiger partial charge on any atom is 0.326 e. The number of aromatic amines is 1. The first-order chi connectivity index (χ1) is 31.8. The van der Waals surface area contributed by atoms with E-state index in [9.17, 15) is 48.6 Å². The molecule has 362 valence electrons. The molecule has 0 saturated carbocycles. The van der Waals surface area contributed by atoms with Gasteiger partial charge in [-0.3, -0.25) is 38.6 Å². The number of carboxylic acids is 2. The van der Waals surface area contributed by atoms with Gasteiger partial charge in [0.05, 0.1) is 18.8 Å². The van der Waals surface area contributed by atoms with Crippen LogP contribution in [-0.4, -0.2) is 139 Å². The number of guanidine groups is 1. The summed E-state index contributed by atoms with van der Waals surface area (Å²) in [5.41, 5.74) is 18.2. The molecule has 1 saturated heterocycles. The topological polar surface area (TPSA) is 380 Å². The lowest BCUT2D eigenvalue weighted by molar-refractivity contribution is -0.145. The van der Waals surface area contributed by atoms with E-state index < -0.39 is 102 Å². The van der Waals surface area contributed by atoms with Crippen LogP contribution in [0.15, 0.2) is 72.1 Å². The number of imidazole rings is 1. The zero-order valence-electron chi connectivity index (χ0n) is 37.2. The highest BCUT2D eigenvalue weighted by Gasteiger charge is 2.40. The number of aromatic hydroxyl groups is 1. The SMILES string of the molecule is CC(C)[C@H](NC(=O)[C@H](CCCN=C(N)N)NC(=O)[C@@H](N)CC(=O)O)C(=O)N[C@@H](Cc1ccc(O)cc1)C(=O)N[C@@H](Cc1cnc[nH]1)C(=O)N1CCC[C@H]1C(=O)N[C@@H](Cc1ccccc1)C(=O)O. The van der Waals surface area contributed by atoms with Gasteiger partial charge in [0.15, 0.2) is 5.96 Å². The molecule has 23 heteroatoms. The van der Waals surface area contributed by atoms with Crippen LogP contribution in [0.4, 0.5) is 0 Å². The fourth-order valence-corrected chi connectivity index (χ4v) is 7.37. The Balaban J connectivity index is 1.58. The van der Waals surface area contributed by atoms with E-state index in [4.69, 9.17) is 22.3 Å². The number of carbonyl (C=O) groups is 8. The van der Waals surface area contributed by atoms with Crippen LogP contribution in [-0.2, 0) is 57.6 Å². The van der Waals surface area contributed by atoms with Gasteiger partial charge in [0.2, 0.25) is 35.4 Å². The molecule has 1 aromatic heterocycles. The third kappa shape index (κ3) is 16.4. The third-order valence-electron chi connectivity index (χ3n) is 10.9. The van der Waals surface area contributed by atoms with Crippen molar-refractivity contribution in [3.63, 3.8) is 0 Å². The van der Waals surface area contributed by atoms with Gasteiger partial charge < -0.3 is 69.0 Å². The van der Waals surface area contributed by atoms with Crippen molar-refractivity contribution in [3.05, 3.63) is 83.9 Å². The van der Waals surface area contributed by atoms with Crippen LogP contribution < -0.4 is 43.8 Å². The summed E-state index contributed by atoms with van der Waals surface area (Å²) in [5, 5.41) is 42.1. The van der Waals surface area contributed by atoms with Gasteiger partial charge in [-0.25, -0.2) is 9.78 Å². The molecule has 1 fully saturated rings. The maximum absolute atomic E-state index is 14.5. The minimum atomic E-state index is -1.50. The van der Waals surface area contributed by atoms with Crippen molar-refractivity contribution < 1.29 is 53.7 Å². The second kappa shape index (κ2) is 25.2. The summed E-state index contributed by atoms with van der Waals surface area (Å²) in [6.07, 6.45) is 2.56. The molecule has 1 aliphatic rings. The normalized spacial score (nSPS) is 16.0. The summed E-state index contributed by atoms with van der Waals surface area (Å²) in [7, 11) is 0. The number of rotatable bonds is 25. The fraction of sp³-hybridized carbons (Fsp3) is 0.455. The molecule has 1 aliphatic heterocycles. The zero-order valence-corrected chi connectivity index (χ0v) is 37.2. The van der Waals surface area contributed by atoms with Gasteiger partial charge in [-0.2, -0.15) is 0 Å². The van der Waals surface area contributed by atoms with Gasteiger partial charge >= 0.3 is 11.9 Å². The zero-order chi connectivity index (χ0) is 49.2. The summed E-state index contributed by atoms with van der Waals surface area (Å²) >= 11 is 0. The molecule has 67 heavy (non-hydrogen) atoms. The molecule has 0 spiro atoms. The number of hydrogen-bond acceptors (Lipinski definition) is 12. The van der Waals surface area contributed by atoms with E-state index in [2.05, 4.69) is 41.5 Å². The number of carboxylic acid groups (broad SMARTS) is 2. The van der Waals surface area contributed by atoms with Crippen LogP contribution in [0.2, 0.25) is 0 Å². The average molecular weight is 933 g/mol. The smallest absolute Gasteiger partial charge is 0.326 e. The molecule has 6 amide bonds. The molecule has 3 aromatic rings. The molecule has 23 nitrogen and oxygen atoms in total. The summed E-state index contributed by atoms with van der Waals surface area (Å²) in [6.45, 7) is 3.43. The van der Waals surface area contributed by atoms with Gasteiger partial charge in [0, 0.05) is 44.2 Å². The molecule has 4 rings (SSSR count). The summed E-state index contributed by atoms with van der Waals surface area (Å²) in [5.74, 6) is -8.27. The Morgan fingerprint density at radius 1 is 0.791 bits per heavy atom. The second-order valence-electron chi connectivity index (χ2n) is 16.5. The van der Waals surface area contributed by atoms with Crippen molar-refractivity contribution in [2.24, 2.45) is 28.1 Å². The van der Waals surface area contributed by atoms with E-state index in [1.165, 1.54) is 41.7 Å². The molecule has 2 aromatic carbocycles. The standard InChI is InChI=1S/C44H60N12O11/c1-24(2)36(55-38(61)30(10-6-16-49-44(46)47)51-37(60)29(45)21-35(58)59)41(64)52-31(18-26-12-14-28(57)15-13-26)39(62)53-32(20-27-22-48-23-50-27)42(65)56-17-7-11-34(56)40(63)54-33(43(66)67)19-25-8-4-3-5-9-25/h3-5,8-9,12-15,22-24,29-34,36,57H,6-7,10-11,16-21,45H2,1-2H3,(H,48,50)(H,51,60)(H,52,64)(H,53,62)(H,54,63)(H,55,61)(H,58,59)(H,66,67)(H4,46,47,49)/t29-,30-,31-,32-,33-,34-,36-/m0/s1. The molecule has 0 bridgehead atoms. The molecular formula is C44H60N12O11. The number of aliphatic imine (C=N–C) groups is 1. The molecule has 15 N–H and O–H groups in total. The van der Waals surface area contributed by atoms with E-state index in [0.717, 1.165) is 0 Å². The molecule has 0 aliphatic carbocycles. The Kier molecular flexibility index (Phi) is 19.6. The predicted octanol–water partition coefficient (Wildman–Crippen LogP) is -1.85. The maximum atomic E-state index is 14.5. The van der Waals surface area contributed by atoms with Gasteiger partial charge in [0.25, 0.3) is 0 Å². The van der Waals surface area contributed by atoms with Gasteiger partial charge in [0.1, 0.15) is 42.0 Å². The largest absolute Gasteiger partial charge is 0.508 e. The highest BCUT2D eigenvalue weighted by Crippen LogP contribution is 2.21. The minimum Gasteiger partial charge on any atom is -0.508 e. The van der Waals surface area contributed by atoms with E-state index in [0.29, 0.717) is 23.2 Å². The first-order valence-corrected chi connectivity index (χ1v) is 21.7. The third-order valence-corrected chi connectivity index (χ3v) is 10.9. The number of likely N-dealkylation sites (tertiary alicyclic amines) is 1. The number of aliphatic carboxylic acids is 2. The first-order valence-electron chi connectivity index (χ1n) is 21.7. The van der Waals surface area contributed by atoms with Gasteiger partial charge in [-0.1, -0.05) is 56.3 Å². The molecule has 2 heterocycles. The van der Waals surface area contributed by atoms with Crippen LogP contribution in [0.25, 0.3) is 0 Å². The van der Waals surface area contributed by atoms with Gasteiger partial charge in [-0.05, 0) is 54.9 Å². The fourth-order valence-electron chi connectivity index (χ4n) is 7.37. The van der Waals surface area contributed by atoms with Crippen LogP contribution in [0.5, 0.6) is 5.75 Å². The number of nitrogens with one attached hydrogen (secondary N) is 6. The first kappa shape index (κ1) is 52.1. The van der Waals surface area contributed by atoms with Crippen molar-refractivity contribution >= 4 is 53.3 Å². The van der Waals surface area contributed by atoms with E-state index in [1.54, 1.807) is 44.2 Å². The van der Waals surface area contributed by atoms with Crippen molar-refractivity contribution in [2.45, 2.75) is 108 Å². The Hall–Kier alpha value is -7.56. The Labute approximate surface area is 386 Å². The number of nitrogens with two attached hydrogens (primary N) is 3. The Morgan fingerprint density at radius 3 is 2.03 bits per heavy atom. The number of nitrogens with zero attached hydrogens (tertiary/aromatic N) is 3. The Morgan fingerprint density at radius 2 is 1.42 bits per heavy atom. The number of amides is 6. The quantitative estimate of drug-likeness (QED) is 0.0252.